The van der Waals surface area contributed by atoms with E-state index < -0.39 is 0 Å². The van der Waals surface area contributed by atoms with Crippen molar-refractivity contribution >= 4 is 16.9 Å². The number of pyridine rings is 1. The Hall–Kier alpha value is -2.73. The first-order valence-corrected chi connectivity index (χ1v) is 9.90. The topological polar surface area (TPSA) is 77.0 Å². The van der Waals surface area contributed by atoms with E-state index in [-0.39, 0.29) is 11.9 Å². The molecule has 28 heavy (non-hydrogen) atoms. The van der Waals surface area contributed by atoms with Crippen LogP contribution < -0.4 is 5.73 Å². The van der Waals surface area contributed by atoms with E-state index >= 15 is 0 Å². The van der Waals surface area contributed by atoms with Gasteiger partial charge in [-0.1, -0.05) is 30.3 Å². The number of hydrogen-bond donors (Lipinski definition) is 1. The number of amides is 1. The molecule has 2 N–H and O–H groups in total. The van der Waals surface area contributed by atoms with Gasteiger partial charge in [0.2, 0.25) is 0 Å². The minimum Gasteiger partial charge on any atom is -0.338 e. The van der Waals surface area contributed by atoms with Crippen molar-refractivity contribution in [3.05, 3.63) is 47.7 Å². The number of rotatable bonds is 3. The lowest BCUT2D eigenvalue weighted by Crippen LogP contribution is -2.45. The number of benzene rings is 1. The van der Waals surface area contributed by atoms with E-state index in [1.807, 2.05) is 62.2 Å². The van der Waals surface area contributed by atoms with Gasteiger partial charge in [-0.15, -0.1) is 0 Å². The average molecular weight is 377 g/mol. The number of fused-ring (bicyclic) bond motifs is 1. The number of likely N-dealkylation sites (tertiary alicyclic amines) is 1. The number of carbonyl (C=O) groups is 1. The zero-order chi connectivity index (χ0) is 19.8. The first kappa shape index (κ1) is 18.6. The number of carbonyl (C=O) groups excluding carboxylic acids is 1. The van der Waals surface area contributed by atoms with Gasteiger partial charge in [-0.25, -0.2) is 4.98 Å². The molecule has 2 unspecified atom stereocenters. The molecule has 0 bridgehead atoms. The van der Waals surface area contributed by atoms with Crippen LogP contribution in [-0.2, 0) is 7.05 Å². The minimum absolute atomic E-state index is 0.0473. The Labute approximate surface area is 165 Å². The zero-order valence-electron chi connectivity index (χ0n) is 16.7. The van der Waals surface area contributed by atoms with Gasteiger partial charge in [-0.2, -0.15) is 5.10 Å². The van der Waals surface area contributed by atoms with Gasteiger partial charge in [0.15, 0.2) is 5.65 Å². The third-order valence-electron chi connectivity index (χ3n) is 5.76. The maximum Gasteiger partial charge on any atom is 0.254 e. The predicted octanol–water partition coefficient (Wildman–Crippen LogP) is 3.14. The van der Waals surface area contributed by atoms with Crippen LogP contribution in [-0.4, -0.2) is 44.7 Å². The lowest BCUT2D eigenvalue weighted by atomic mass is 9.91. The Bertz CT molecular complexity index is 1010. The monoisotopic (exact) mass is 377 g/mol. The molecule has 3 heterocycles. The third-order valence-corrected chi connectivity index (χ3v) is 5.76. The average Bonchev–Trinajstić information content (AvgIpc) is 3.01. The molecule has 2 aromatic heterocycles. The van der Waals surface area contributed by atoms with E-state index in [0.29, 0.717) is 18.0 Å². The SMILES string of the molecule is Cc1nn(C)c2nc(-c3ccccc3)cc(C(=O)N3CCCC(C(C)N)C3)c12. The number of aromatic nitrogens is 3. The maximum absolute atomic E-state index is 13.5. The molecule has 1 amide bonds. The molecule has 0 spiro atoms. The maximum atomic E-state index is 13.5. The Morgan fingerprint density at radius 3 is 2.75 bits per heavy atom. The third kappa shape index (κ3) is 3.29. The Morgan fingerprint density at radius 1 is 1.29 bits per heavy atom. The minimum atomic E-state index is 0.0473. The van der Waals surface area contributed by atoms with E-state index in [1.54, 1.807) is 4.68 Å². The highest BCUT2D eigenvalue weighted by Crippen LogP contribution is 2.29. The van der Waals surface area contributed by atoms with Gasteiger partial charge >= 0.3 is 0 Å². The molecule has 1 aliphatic rings. The summed E-state index contributed by atoms with van der Waals surface area (Å²) in [6, 6.07) is 12.0. The molecule has 4 rings (SSSR count). The fraction of sp³-hybridized carbons (Fsp3) is 0.409. The van der Waals surface area contributed by atoms with Crippen molar-refractivity contribution in [3.8, 4) is 11.3 Å². The van der Waals surface area contributed by atoms with Gasteiger partial charge in [0.1, 0.15) is 0 Å². The highest BCUT2D eigenvalue weighted by molar-refractivity contribution is 6.07. The van der Waals surface area contributed by atoms with Gasteiger partial charge in [0.25, 0.3) is 5.91 Å². The van der Waals surface area contributed by atoms with Gasteiger partial charge in [0, 0.05) is 31.7 Å². The van der Waals surface area contributed by atoms with Crippen LogP contribution in [0.1, 0.15) is 35.8 Å². The Kier molecular flexibility index (Phi) is 4.89. The lowest BCUT2D eigenvalue weighted by molar-refractivity contribution is 0.0663. The molecule has 0 radical (unpaired) electrons. The summed E-state index contributed by atoms with van der Waals surface area (Å²) >= 11 is 0. The number of nitrogens with two attached hydrogens (primary N) is 1. The van der Waals surface area contributed by atoms with Gasteiger partial charge in [0.05, 0.1) is 22.3 Å². The summed E-state index contributed by atoms with van der Waals surface area (Å²) in [6.07, 6.45) is 2.07. The zero-order valence-corrected chi connectivity index (χ0v) is 16.7. The van der Waals surface area contributed by atoms with E-state index in [2.05, 4.69) is 5.10 Å². The molecule has 146 valence electrons. The van der Waals surface area contributed by atoms with E-state index in [4.69, 9.17) is 10.7 Å². The van der Waals surface area contributed by atoms with Crippen molar-refractivity contribution in [3.63, 3.8) is 0 Å². The van der Waals surface area contributed by atoms with E-state index in [1.165, 1.54) is 0 Å². The summed E-state index contributed by atoms with van der Waals surface area (Å²) in [5.74, 6) is 0.393. The van der Waals surface area contributed by atoms with Crippen LogP contribution in [0, 0.1) is 12.8 Å². The van der Waals surface area contributed by atoms with Crippen LogP contribution in [0.2, 0.25) is 0 Å². The summed E-state index contributed by atoms with van der Waals surface area (Å²) < 4.78 is 1.76. The van der Waals surface area contributed by atoms with Crippen LogP contribution in [0.25, 0.3) is 22.3 Å². The van der Waals surface area contributed by atoms with Gasteiger partial charge in [-0.05, 0) is 38.7 Å². The molecule has 6 heteroatoms. The Balaban J connectivity index is 1.82. The first-order chi connectivity index (χ1) is 13.5. The second-order valence-corrected chi connectivity index (χ2v) is 7.84. The largest absolute Gasteiger partial charge is 0.338 e. The fourth-order valence-electron chi connectivity index (χ4n) is 4.16. The molecule has 1 aromatic carbocycles. The van der Waals surface area contributed by atoms with Crippen molar-refractivity contribution in [2.24, 2.45) is 18.7 Å². The summed E-state index contributed by atoms with van der Waals surface area (Å²) in [6.45, 7) is 5.44. The normalized spacial score (nSPS) is 18.4. The molecule has 0 saturated carbocycles. The van der Waals surface area contributed by atoms with Crippen LogP contribution >= 0.6 is 0 Å². The molecule has 3 aromatic rings. The smallest absolute Gasteiger partial charge is 0.254 e. The lowest BCUT2D eigenvalue weighted by Gasteiger charge is -2.34. The van der Waals surface area contributed by atoms with Crippen molar-refractivity contribution in [2.75, 3.05) is 13.1 Å². The van der Waals surface area contributed by atoms with Crippen LogP contribution in [0.15, 0.2) is 36.4 Å². The van der Waals surface area contributed by atoms with Crippen molar-refractivity contribution < 1.29 is 4.79 Å². The predicted molar refractivity (Wildman–Crippen MR) is 111 cm³/mol. The number of nitrogens with zero attached hydrogens (tertiary/aromatic N) is 4. The molecule has 1 fully saturated rings. The Morgan fingerprint density at radius 2 is 2.04 bits per heavy atom. The molecule has 1 saturated heterocycles. The summed E-state index contributed by atoms with van der Waals surface area (Å²) in [7, 11) is 1.87. The fourth-order valence-corrected chi connectivity index (χ4v) is 4.16. The molecular weight excluding hydrogens is 350 g/mol. The highest BCUT2D eigenvalue weighted by Gasteiger charge is 2.29. The summed E-state index contributed by atoms with van der Waals surface area (Å²) in [5.41, 5.74) is 10.2. The van der Waals surface area contributed by atoms with E-state index in [9.17, 15) is 4.79 Å². The molecule has 6 nitrogen and oxygen atoms in total. The second kappa shape index (κ2) is 7.36. The number of aryl methyl sites for hydroxylation is 2. The molecule has 2 atom stereocenters. The van der Waals surface area contributed by atoms with E-state index in [0.717, 1.165) is 47.4 Å². The van der Waals surface area contributed by atoms with Gasteiger partial charge in [-0.3, -0.25) is 9.48 Å². The molecule has 0 aliphatic carbocycles. The standard InChI is InChI=1S/C22H27N5O/c1-14(23)17-10-7-11-27(13-17)22(28)18-12-19(16-8-5-4-6-9-16)24-21-20(18)15(2)25-26(21)3/h4-6,8-9,12,14,17H,7,10-11,13,23H2,1-3H3. The quantitative estimate of drug-likeness (QED) is 0.761. The summed E-state index contributed by atoms with van der Waals surface area (Å²) in [4.78, 5) is 20.3. The number of hydrogen-bond acceptors (Lipinski definition) is 4. The van der Waals surface area contributed by atoms with Crippen LogP contribution in [0.3, 0.4) is 0 Å². The van der Waals surface area contributed by atoms with Crippen LogP contribution in [0.4, 0.5) is 0 Å². The summed E-state index contributed by atoms with van der Waals surface area (Å²) in [5, 5.41) is 5.36. The first-order valence-electron chi connectivity index (χ1n) is 9.90. The highest BCUT2D eigenvalue weighted by atomic mass is 16.2. The molecule has 1 aliphatic heterocycles. The van der Waals surface area contributed by atoms with Crippen molar-refractivity contribution in [1.82, 2.24) is 19.7 Å². The van der Waals surface area contributed by atoms with Crippen molar-refractivity contribution in [2.45, 2.75) is 32.7 Å². The van der Waals surface area contributed by atoms with Crippen molar-refractivity contribution in [1.29, 1.82) is 0 Å². The molecular formula is C22H27N5O. The van der Waals surface area contributed by atoms with Crippen LogP contribution in [0.5, 0.6) is 0 Å². The van der Waals surface area contributed by atoms with Gasteiger partial charge < -0.3 is 10.6 Å². The number of piperidine rings is 1. The second-order valence-electron chi connectivity index (χ2n) is 7.84.